The molecule has 1 heterocycles. The van der Waals surface area contributed by atoms with Gasteiger partial charge in [-0.25, -0.2) is 8.42 Å². The molecule has 1 fully saturated rings. The summed E-state index contributed by atoms with van der Waals surface area (Å²) in [6.07, 6.45) is 0.0421. The molecule has 2 aromatic carbocycles. The molecule has 1 aliphatic rings. The number of sulfonamides is 1. The number of hydrogen-bond donors (Lipinski definition) is 2. The molecule has 176 valence electrons. The molecule has 3 amide bonds. The number of carbonyl (C=O) groups excluding carboxylic acids is 3. The van der Waals surface area contributed by atoms with Gasteiger partial charge in [-0.3, -0.25) is 14.4 Å². The lowest BCUT2D eigenvalue weighted by Gasteiger charge is -2.20. The summed E-state index contributed by atoms with van der Waals surface area (Å²) in [5, 5.41) is 5.30. The van der Waals surface area contributed by atoms with Crippen molar-refractivity contribution in [2.75, 3.05) is 36.9 Å². The number of rotatable bonds is 8. The Kier molecular flexibility index (Phi) is 7.50. The van der Waals surface area contributed by atoms with Gasteiger partial charge in [0.1, 0.15) is 0 Å². The van der Waals surface area contributed by atoms with Crippen molar-refractivity contribution in [1.82, 2.24) is 9.62 Å². The Morgan fingerprint density at radius 3 is 2.36 bits per heavy atom. The summed E-state index contributed by atoms with van der Waals surface area (Å²) < 4.78 is 26.7. The number of nitrogens with zero attached hydrogens (tertiary/aromatic N) is 2. The van der Waals surface area contributed by atoms with Crippen LogP contribution in [0, 0.1) is 5.92 Å². The van der Waals surface area contributed by atoms with E-state index in [1.165, 1.54) is 28.4 Å². The summed E-state index contributed by atoms with van der Waals surface area (Å²) in [6.45, 7) is 4.47. The largest absolute Gasteiger partial charge is 0.355 e. The van der Waals surface area contributed by atoms with Crippen LogP contribution in [0.15, 0.2) is 53.4 Å². The molecule has 1 aliphatic heterocycles. The first-order chi connectivity index (χ1) is 15.7. The van der Waals surface area contributed by atoms with Crippen LogP contribution in [0.25, 0.3) is 0 Å². The molecule has 0 aromatic heterocycles. The molecule has 9 nitrogen and oxygen atoms in total. The fourth-order valence-electron chi connectivity index (χ4n) is 3.77. The zero-order valence-electron chi connectivity index (χ0n) is 18.9. The quantitative estimate of drug-likeness (QED) is 0.610. The predicted molar refractivity (Wildman–Crippen MR) is 125 cm³/mol. The Morgan fingerprint density at radius 1 is 1.09 bits per heavy atom. The van der Waals surface area contributed by atoms with Gasteiger partial charge in [0.2, 0.25) is 21.8 Å². The van der Waals surface area contributed by atoms with Crippen molar-refractivity contribution in [2.45, 2.75) is 25.2 Å². The number of benzene rings is 2. The van der Waals surface area contributed by atoms with Crippen LogP contribution in [0.1, 0.15) is 30.6 Å². The van der Waals surface area contributed by atoms with E-state index in [-0.39, 0.29) is 35.6 Å². The van der Waals surface area contributed by atoms with Crippen LogP contribution in [0.4, 0.5) is 11.4 Å². The van der Waals surface area contributed by atoms with Crippen molar-refractivity contribution in [3.63, 3.8) is 0 Å². The Labute approximate surface area is 193 Å². The molecule has 0 saturated carbocycles. The minimum Gasteiger partial charge on any atom is -0.355 e. The fourth-order valence-corrected chi connectivity index (χ4v) is 5.23. The van der Waals surface area contributed by atoms with Gasteiger partial charge < -0.3 is 15.5 Å². The maximum absolute atomic E-state index is 12.7. The van der Waals surface area contributed by atoms with E-state index >= 15 is 0 Å². The minimum atomic E-state index is -3.59. The first-order valence-electron chi connectivity index (χ1n) is 10.7. The molecular formula is C23H28N4O5S. The van der Waals surface area contributed by atoms with Gasteiger partial charge in [0.15, 0.2) is 0 Å². The highest BCUT2D eigenvalue weighted by molar-refractivity contribution is 7.89. The number of carbonyl (C=O) groups is 3. The molecule has 10 heteroatoms. The Morgan fingerprint density at radius 2 is 1.76 bits per heavy atom. The maximum Gasteiger partial charge on any atom is 0.251 e. The molecule has 2 N–H and O–H groups in total. The van der Waals surface area contributed by atoms with Crippen LogP contribution >= 0.6 is 0 Å². The molecule has 33 heavy (non-hydrogen) atoms. The van der Waals surface area contributed by atoms with E-state index in [9.17, 15) is 22.8 Å². The topological polar surface area (TPSA) is 116 Å². The monoisotopic (exact) mass is 472 g/mol. The van der Waals surface area contributed by atoms with Gasteiger partial charge in [-0.15, -0.1) is 0 Å². The first-order valence-corrected chi connectivity index (χ1v) is 12.2. The molecule has 1 saturated heterocycles. The minimum absolute atomic E-state index is 0.0421. The smallest absolute Gasteiger partial charge is 0.251 e. The van der Waals surface area contributed by atoms with E-state index in [1.807, 2.05) is 0 Å². The van der Waals surface area contributed by atoms with Gasteiger partial charge in [0, 0.05) is 50.0 Å². The number of amides is 3. The van der Waals surface area contributed by atoms with Crippen molar-refractivity contribution in [3.8, 4) is 0 Å². The molecule has 0 aliphatic carbocycles. The zero-order valence-corrected chi connectivity index (χ0v) is 19.7. The average Bonchev–Trinajstić information content (AvgIpc) is 3.21. The van der Waals surface area contributed by atoms with Crippen molar-refractivity contribution in [3.05, 3.63) is 54.1 Å². The Bertz CT molecular complexity index is 1140. The predicted octanol–water partition coefficient (Wildman–Crippen LogP) is 2.07. The summed E-state index contributed by atoms with van der Waals surface area (Å²) >= 11 is 0. The van der Waals surface area contributed by atoms with Crippen LogP contribution < -0.4 is 15.5 Å². The molecule has 0 bridgehead atoms. The van der Waals surface area contributed by atoms with E-state index in [2.05, 4.69) is 10.6 Å². The third kappa shape index (κ3) is 5.23. The van der Waals surface area contributed by atoms with Crippen LogP contribution in [-0.4, -0.2) is 57.1 Å². The Hall–Kier alpha value is -3.24. The van der Waals surface area contributed by atoms with E-state index in [1.54, 1.807) is 50.2 Å². The van der Waals surface area contributed by atoms with Crippen molar-refractivity contribution >= 4 is 39.1 Å². The lowest BCUT2D eigenvalue weighted by Crippen LogP contribution is -2.31. The van der Waals surface area contributed by atoms with Crippen molar-refractivity contribution in [1.29, 1.82) is 0 Å². The summed E-state index contributed by atoms with van der Waals surface area (Å²) in [4.78, 5) is 38.7. The van der Waals surface area contributed by atoms with Gasteiger partial charge in [-0.05, 0) is 42.5 Å². The second-order valence-electron chi connectivity index (χ2n) is 7.64. The molecule has 2 aromatic rings. The number of nitrogens with one attached hydrogen (secondary N) is 2. The van der Waals surface area contributed by atoms with Gasteiger partial charge in [-0.2, -0.15) is 4.31 Å². The average molecular weight is 473 g/mol. The molecule has 0 spiro atoms. The summed E-state index contributed by atoms with van der Waals surface area (Å²) in [7, 11) is -2.06. The van der Waals surface area contributed by atoms with Gasteiger partial charge >= 0.3 is 0 Å². The molecular weight excluding hydrogens is 444 g/mol. The van der Waals surface area contributed by atoms with E-state index in [0.29, 0.717) is 30.0 Å². The second-order valence-corrected chi connectivity index (χ2v) is 9.58. The Balaban J connectivity index is 1.70. The fraction of sp³-hybridized carbons (Fsp3) is 0.348. The van der Waals surface area contributed by atoms with Crippen molar-refractivity contribution < 1.29 is 22.8 Å². The SMILES string of the molecule is CCN(CC)S(=O)(=O)c1ccc(N2C[C@@H](C(=O)Nc3cccc(C(=O)NC)c3)CC2=O)cc1. The summed E-state index contributed by atoms with van der Waals surface area (Å²) in [5.41, 5.74) is 1.42. The van der Waals surface area contributed by atoms with Crippen LogP contribution in [0.2, 0.25) is 0 Å². The van der Waals surface area contributed by atoms with Gasteiger partial charge in [0.05, 0.1) is 10.8 Å². The highest BCUT2D eigenvalue weighted by atomic mass is 32.2. The first kappa shape index (κ1) is 24.4. The lowest BCUT2D eigenvalue weighted by molar-refractivity contribution is -0.122. The van der Waals surface area contributed by atoms with E-state index in [0.717, 1.165) is 0 Å². The standard InChI is InChI=1S/C23H28N4O5S/c1-4-26(5-2)33(31,32)20-11-9-19(10-12-20)27-15-17(14-21(27)28)23(30)25-18-8-6-7-16(13-18)22(29)24-3/h6-13,17H,4-5,14-15H2,1-3H3,(H,24,29)(H,25,30)/t17-/m0/s1. The summed E-state index contributed by atoms with van der Waals surface area (Å²) in [5.74, 6) is -1.37. The highest BCUT2D eigenvalue weighted by Gasteiger charge is 2.35. The third-order valence-electron chi connectivity index (χ3n) is 5.61. The number of anilines is 2. The maximum atomic E-state index is 12.7. The summed E-state index contributed by atoms with van der Waals surface area (Å²) in [6, 6.07) is 12.7. The highest BCUT2D eigenvalue weighted by Crippen LogP contribution is 2.28. The second kappa shape index (κ2) is 10.1. The van der Waals surface area contributed by atoms with Crippen LogP contribution in [0.5, 0.6) is 0 Å². The van der Waals surface area contributed by atoms with Crippen molar-refractivity contribution in [2.24, 2.45) is 5.92 Å². The van der Waals surface area contributed by atoms with Gasteiger partial charge in [-0.1, -0.05) is 19.9 Å². The molecule has 1 atom stereocenters. The lowest BCUT2D eigenvalue weighted by atomic mass is 10.1. The normalized spacial score (nSPS) is 16.2. The third-order valence-corrected chi connectivity index (χ3v) is 7.67. The zero-order chi connectivity index (χ0) is 24.2. The van der Waals surface area contributed by atoms with E-state index < -0.39 is 15.9 Å². The number of hydrogen-bond acceptors (Lipinski definition) is 5. The van der Waals surface area contributed by atoms with Gasteiger partial charge in [0.25, 0.3) is 5.91 Å². The van der Waals surface area contributed by atoms with Crippen LogP contribution in [-0.2, 0) is 19.6 Å². The molecule has 0 unspecified atom stereocenters. The van der Waals surface area contributed by atoms with E-state index in [4.69, 9.17) is 0 Å². The molecule has 3 rings (SSSR count). The molecule has 0 radical (unpaired) electrons. The van der Waals surface area contributed by atoms with Crippen LogP contribution in [0.3, 0.4) is 0 Å².